The lowest BCUT2D eigenvalue weighted by Gasteiger charge is -2.14. The molecule has 0 unspecified atom stereocenters. The van der Waals surface area contributed by atoms with Gasteiger partial charge in [-0.2, -0.15) is 0 Å². The zero-order chi connectivity index (χ0) is 20.8. The molecule has 1 aromatic rings. The summed E-state index contributed by atoms with van der Waals surface area (Å²) in [5.74, 6) is -3.56. The monoisotopic (exact) mass is 389 g/mol. The van der Waals surface area contributed by atoms with Crippen molar-refractivity contribution in [2.45, 2.75) is 20.8 Å². The van der Waals surface area contributed by atoms with Crippen LogP contribution in [0.5, 0.6) is 17.2 Å². The SMILES string of the molecule is CC(=O)Oc1cc(C=CC=C2OC(=O)NC2=O)cc(OC(C)=O)c1OC(C)=O. The molecule has 2 amide bonds. The fourth-order valence-corrected chi connectivity index (χ4v) is 2.08. The third-order valence-corrected chi connectivity index (χ3v) is 2.97. The van der Waals surface area contributed by atoms with Crippen LogP contribution in [-0.2, 0) is 23.9 Å². The highest BCUT2D eigenvalue weighted by atomic mass is 16.6. The molecule has 1 aliphatic heterocycles. The van der Waals surface area contributed by atoms with E-state index in [0.717, 1.165) is 20.8 Å². The summed E-state index contributed by atoms with van der Waals surface area (Å²) >= 11 is 0. The Hall–Kier alpha value is -3.95. The van der Waals surface area contributed by atoms with Crippen LogP contribution in [-0.4, -0.2) is 29.9 Å². The number of ether oxygens (including phenoxy) is 4. The highest BCUT2D eigenvalue weighted by Crippen LogP contribution is 2.39. The number of alkyl carbamates (subject to hydrolysis) is 1. The number of nitrogens with one attached hydrogen (secondary N) is 1. The van der Waals surface area contributed by atoms with Crippen molar-refractivity contribution < 1.29 is 42.9 Å². The van der Waals surface area contributed by atoms with E-state index in [2.05, 4.69) is 4.74 Å². The molecule has 1 aromatic carbocycles. The molecule has 0 aliphatic carbocycles. The van der Waals surface area contributed by atoms with E-state index in [-0.39, 0.29) is 23.0 Å². The van der Waals surface area contributed by atoms with Gasteiger partial charge in [-0.3, -0.25) is 24.5 Å². The topological polar surface area (TPSA) is 134 Å². The highest BCUT2D eigenvalue weighted by molar-refractivity contribution is 6.07. The number of esters is 3. The number of rotatable bonds is 5. The lowest BCUT2D eigenvalue weighted by atomic mass is 10.1. The number of carbonyl (C=O) groups excluding carboxylic acids is 5. The largest absolute Gasteiger partial charge is 0.423 e. The van der Waals surface area contributed by atoms with Crippen LogP contribution in [0.15, 0.2) is 30.0 Å². The molecule has 10 nitrogen and oxygen atoms in total. The van der Waals surface area contributed by atoms with Crippen LogP contribution in [0.3, 0.4) is 0 Å². The van der Waals surface area contributed by atoms with Gasteiger partial charge in [0.2, 0.25) is 5.75 Å². The van der Waals surface area contributed by atoms with Gasteiger partial charge >= 0.3 is 24.0 Å². The zero-order valence-corrected chi connectivity index (χ0v) is 15.1. The number of imide groups is 1. The standard InChI is InChI=1S/C18H15NO9/c1-9(20)25-14-7-12(5-4-6-13-17(23)19-18(24)28-13)8-15(26-10(2)21)16(14)27-11(3)22/h4-8H,1-3H3,(H,19,23,24). The number of amides is 2. The lowest BCUT2D eigenvalue weighted by molar-refractivity contribution is -0.135. The van der Waals surface area contributed by atoms with Crippen LogP contribution < -0.4 is 19.5 Å². The smallest absolute Gasteiger partial charge is 0.419 e. The maximum atomic E-state index is 11.4. The van der Waals surface area contributed by atoms with Crippen molar-refractivity contribution in [3.05, 3.63) is 35.6 Å². The minimum Gasteiger partial charge on any atom is -0.423 e. The van der Waals surface area contributed by atoms with Crippen LogP contribution in [0, 0.1) is 0 Å². The highest BCUT2D eigenvalue weighted by Gasteiger charge is 2.25. The fraction of sp³-hybridized carbons (Fsp3) is 0.167. The minimum atomic E-state index is -0.885. The molecule has 1 heterocycles. The lowest BCUT2D eigenvalue weighted by Crippen LogP contribution is -2.18. The van der Waals surface area contributed by atoms with Crippen molar-refractivity contribution in [2.24, 2.45) is 0 Å². The number of carbonyl (C=O) groups is 5. The van der Waals surface area contributed by atoms with E-state index in [1.807, 2.05) is 5.32 Å². The Bertz CT molecular complexity index is 890. The predicted molar refractivity (Wildman–Crippen MR) is 92.1 cm³/mol. The first-order valence-corrected chi connectivity index (χ1v) is 7.80. The molecule has 1 N–H and O–H groups in total. The molecule has 0 aromatic heterocycles. The van der Waals surface area contributed by atoms with E-state index in [1.165, 1.54) is 30.4 Å². The summed E-state index contributed by atoms with van der Waals surface area (Å²) in [6.07, 6.45) is 3.18. The molecule has 1 fully saturated rings. The zero-order valence-electron chi connectivity index (χ0n) is 15.1. The maximum Gasteiger partial charge on any atom is 0.419 e. The van der Waals surface area contributed by atoms with Gasteiger partial charge in [-0.15, -0.1) is 0 Å². The van der Waals surface area contributed by atoms with E-state index >= 15 is 0 Å². The van der Waals surface area contributed by atoms with Crippen molar-refractivity contribution in [3.63, 3.8) is 0 Å². The van der Waals surface area contributed by atoms with Gasteiger partial charge in [0, 0.05) is 20.8 Å². The van der Waals surface area contributed by atoms with Gasteiger partial charge in [0.1, 0.15) is 0 Å². The average molecular weight is 389 g/mol. The second kappa shape index (κ2) is 8.62. The molecule has 28 heavy (non-hydrogen) atoms. The van der Waals surface area contributed by atoms with Gasteiger partial charge < -0.3 is 18.9 Å². The molecule has 0 saturated carbocycles. The molecule has 0 atom stereocenters. The van der Waals surface area contributed by atoms with Crippen molar-refractivity contribution in [1.82, 2.24) is 5.32 Å². The van der Waals surface area contributed by atoms with Gasteiger partial charge in [-0.05, 0) is 23.8 Å². The normalized spacial score (nSPS) is 14.6. The Morgan fingerprint density at radius 3 is 1.89 bits per heavy atom. The summed E-state index contributed by atoms with van der Waals surface area (Å²) in [6, 6.07) is 2.70. The molecular weight excluding hydrogens is 374 g/mol. The van der Waals surface area contributed by atoms with Crippen molar-refractivity contribution in [3.8, 4) is 17.2 Å². The van der Waals surface area contributed by atoms with Gasteiger partial charge in [-0.25, -0.2) is 4.79 Å². The fourth-order valence-electron chi connectivity index (χ4n) is 2.08. The van der Waals surface area contributed by atoms with Crippen LogP contribution in [0.4, 0.5) is 4.79 Å². The van der Waals surface area contributed by atoms with Crippen LogP contribution in [0.25, 0.3) is 6.08 Å². The third kappa shape index (κ3) is 5.53. The van der Waals surface area contributed by atoms with Gasteiger partial charge in [0.05, 0.1) is 0 Å². The molecule has 146 valence electrons. The summed E-state index contributed by atoms with van der Waals surface area (Å²) in [7, 11) is 0. The first-order chi connectivity index (χ1) is 13.2. The Labute approximate surface area is 158 Å². The number of hydrogen-bond donors (Lipinski definition) is 1. The molecule has 1 aliphatic rings. The summed E-state index contributed by atoms with van der Waals surface area (Å²) < 4.78 is 19.7. The van der Waals surface area contributed by atoms with E-state index in [0.29, 0.717) is 5.56 Å². The second-order valence-electron chi connectivity index (χ2n) is 5.36. The Balaban J connectivity index is 2.44. The Kier molecular flexibility index (Phi) is 6.27. The second-order valence-corrected chi connectivity index (χ2v) is 5.36. The van der Waals surface area contributed by atoms with Crippen LogP contribution in [0.2, 0.25) is 0 Å². The minimum absolute atomic E-state index is 0.154. The van der Waals surface area contributed by atoms with Crippen LogP contribution >= 0.6 is 0 Å². The van der Waals surface area contributed by atoms with Gasteiger partial charge in [0.25, 0.3) is 5.91 Å². The molecule has 0 spiro atoms. The maximum absolute atomic E-state index is 11.4. The molecule has 0 radical (unpaired) electrons. The van der Waals surface area contributed by atoms with Gasteiger partial charge in [0.15, 0.2) is 17.3 Å². The summed E-state index contributed by atoms with van der Waals surface area (Å²) in [4.78, 5) is 56.4. The molecular formula is C18H15NO9. The van der Waals surface area contributed by atoms with Crippen molar-refractivity contribution in [1.29, 1.82) is 0 Å². The first-order valence-electron chi connectivity index (χ1n) is 7.80. The summed E-state index contributed by atoms with van der Waals surface area (Å²) in [5, 5.41) is 1.94. The van der Waals surface area contributed by atoms with Gasteiger partial charge in [-0.1, -0.05) is 12.2 Å². The molecule has 0 bridgehead atoms. The number of benzene rings is 1. The Morgan fingerprint density at radius 1 is 0.929 bits per heavy atom. The van der Waals surface area contributed by atoms with E-state index in [1.54, 1.807) is 0 Å². The van der Waals surface area contributed by atoms with Crippen molar-refractivity contribution in [2.75, 3.05) is 0 Å². The third-order valence-electron chi connectivity index (χ3n) is 2.97. The average Bonchev–Trinajstić information content (AvgIpc) is 2.87. The van der Waals surface area contributed by atoms with E-state index in [9.17, 15) is 24.0 Å². The summed E-state index contributed by atoms with van der Waals surface area (Å²) in [5.41, 5.74) is 0.366. The quantitative estimate of drug-likeness (QED) is 0.453. The first kappa shape index (κ1) is 20.4. The van der Waals surface area contributed by atoms with E-state index < -0.39 is 29.9 Å². The number of hydrogen-bond acceptors (Lipinski definition) is 9. The Morgan fingerprint density at radius 2 is 1.46 bits per heavy atom. The molecule has 2 rings (SSSR count). The predicted octanol–water partition coefficient (Wildman–Crippen LogP) is 1.63. The van der Waals surface area contributed by atoms with E-state index in [4.69, 9.17) is 14.2 Å². The molecule has 10 heteroatoms. The van der Waals surface area contributed by atoms with Crippen molar-refractivity contribution >= 4 is 36.0 Å². The van der Waals surface area contributed by atoms with Crippen LogP contribution in [0.1, 0.15) is 26.3 Å². The number of allylic oxidation sites excluding steroid dienone is 2. The molecule has 1 saturated heterocycles. The number of cyclic esters (lactones) is 1. The summed E-state index contributed by atoms with van der Waals surface area (Å²) in [6.45, 7) is 3.41.